The van der Waals surface area contributed by atoms with Crippen molar-refractivity contribution in [3.8, 4) is 11.3 Å². The minimum absolute atomic E-state index is 0.000906. The van der Waals surface area contributed by atoms with E-state index in [9.17, 15) is 9.90 Å². The van der Waals surface area contributed by atoms with Gasteiger partial charge in [0, 0.05) is 10.9 Å². The van der Waals surface area contributed by atoms with Crippen molar-refractivity contribution in [2.24, 2.45) is 0 Å². The number of aliphatic hydroxyl groups is 1. The van der Waals surface area contributed by atoms with Gasteiger partial charge in [-0.15, -0.1) is 11.3 Å². The third-order valence-corrected chi connectivity index (χ3v) is 5.37. The van der Waals surface area contributed by atoms with Crippen molar-refractivity contribution >= 4 is 28.7 Å². The zero-order valence-electron chi connectivity index (χ0n) is 15.3. The normalized spacial score (nSPS) is 14.1. The number of aliphatic hydroxyl groups excluding tert-OH is 1. The summed E-state index contributed by atoms with van der Waals surface area (Å²) in [6, 6.07) is 9.56. The predicted octanol–water partition coefficient (Wildman–Crippen LogP) is 3.93. The highest BCUT2D eigenvalue weighted by molar-refractivity contribution is 7.11. The lowest BCUT2D eigenvalue weighted by atomic mass is 10.1. The summed E-state index contributed by atoms with van der Waals surface area (Å²) in [6.45, 7) is 3.72. The molecule has 0 saturated carbocycles. The fourth-order valence-corrected chi connectivity index (χ4v) is 3.84. The first-order valence-electron chi connectivity index (χ1n) is 8.60. The molecule has 0 fully saturated rings. The molecule has 4 rings (SSSR count). The smallest absolute Gasteiger partial charge is 0.273 e. The first-order chi connectivity index (χ1) is 13.4. The van der Waals surface area contributed by atoms with E-state index in [4.69, 9.17) is 9.83 Å². The Morgan fingerprint density at radius 2 is 2.04 bits per heavy atom. The van der Waals surface area contributed by atoms with Crippen LogP contribution in [0.2, 0.25) is 0 Å². The first kappa shape index (κ1) is 18.0. The van der Waals surface area contributed by atoms with Gasteiger partial charge in [-0.05, 0) is 19.9 Å². The highest BCUT2D eigenvalue weighted by Crippen LogP contribution is 2.31. The number of carbonyl (C=O) groups is 1. The van der Waals surface area contributed by atoms with E-state index < -0.39 is 5.91 Å². The van der Waals surface area contributed by atoms with Crippen LogP contribution in [0, 0.1) is 19.3 Å². The first-order valence-corrected chi connectivity index (χ1v) is 9.48. The number of aryl methyl sites for hydroxylation is 2. The Morgan fingerprint density at radius 3 is 2.71 bits per heavy atom. The minimum Gasteiger partial charge on any atom is -0.509 e. The monoisotopic (exact) mass is 394 g/mol. The number of amides is 1. The standard InChI is InChI=1S/C20H18N4O3S/c1-11-3-5-13(6-4-11)15-10-28-20(22-15)17-16(25)9-24(18(17)21)23-19(26)14-7-8-27-12(14)2/h3-8,10,21,25H,9H2,1-2H3,(H,23,26). The lowest BCUT2D eigenvalue weighted by Crippen LogP contribution is -2.43. The number of nitrogens with zero attached hydrogens (tertiary/aromatic N) is 2. The summed E-state index contributed by atoms with van der Waals surface area (Å²) in [5.74, 6) is 0.0867. The maximum atomic E-state index is 12.4. The Hall–Kier alpha value is -3.39. The van der Waals surface area contributed by atoms with Gasteiger partial charge in [0.2, 0.25) is 0 Å². The van der Waals surface area contributed by atoms with Gasteiger partial charge < -0.3 is 9.52 Å². The van der Waals surface area contributed by atoms with Crippen LogP contribution < -0.4 is 5.43 Å². The molecule has 28 heavy (non-hydrogen) atoms. The second kappa shape index (κ2) is 6.97. The average molecular weight is 394 g/mol. The summed E-state index contributed by atoms with van der Waals surface area (Å²) >= 11 is 1.35. The van der Waals surface area contributed by atoms with Crippen molar-refractivity contribution < 1.29 is 14.3 Å². The molecule has 0 spiro atoms. The molecule has 1 aliphatic rings. The van der Waals surface area contributed by atoms with Crippen LogP contribution in [-0.4, -0.2) is 33.4 Å². The maximum Gasteiger partial charge on any atom is 0.273 e. The van der Waals surface area contributed by atoms with Crippen LogP contribution in [0.15, 0.2) is 52.2 Å². The van der Waals surface area contributed by atoms with Gasteiger partial charge in [0.15, 0.2) is 5.84 Å². The van der Waals surface area contributed by atoms with E-state index in [2.05, 4.69) is 10.4 Å². The molecule has 0 saturated heterocycles. The van der Waals surface area contributed by atoms with Crippen LogP contribution in [0.5, 0.6) is 0 Å². The summed E-state index contributed by atoms with van der Waals surface area (Å²) < 4.78 is 5.14. The van der Waals surface area contributed by atoms with E-state index in [1.165, 1.54) is 22.6 Å². The van der Waals surface area contributed by atoms with E-state index in [-0.39, 0.29) is 18.1 Å². The Kier molecular flexibility index (Phi) is 4.48. The highest BCUT2D eigenvalue weighted by Gasteiger charge is 2.32. The average Bonchev–Trinajstić information content (AvgIpc) is 3.36. The predicted molar refractivity (Wildman–Crippen MR) is 107 cm³/mol. The summed E-state index contributed by atoms with van der Waals surface area (Å²) in [4.78, 5) is 16.9. The van der Waals surface area contributed by atoms with Crippen molar-refractivity contribution in [2.75, 3.05) is 6.54 Å². The number of aromatic nitrogens is 1. The third-order valence-electron chi connectivity index (χ3n) is 4.51. The number of benzene rings is 1. The van der Waals surface area contributed by atoms with Gasteiger partial charge >= 0.3 is 0 Å². The molecule has 1 amide bonds. The number of rotatable bonds is 4. The zero-order chi connectivity index (χ0) is 19.8. The Labute approximate surface area is 165 Å². The molecule has 0 unspecified atom stereocenters. The van der Waals surface area contributed by atoms with Crippen LogP contribution in [0.25, 0.3) is 16.8 Å². The molecule has 0 aliphatic carbocycles. The molecule has 8 heteroatoms. The number of amidine groups is 1. The number of hydrogen-bond acceptors (Lipinski definition) is 6. The van der Waals surface area contributed by atoms with Crippen molar-refractivity contribution in [1.82, 2.24) is 15.4 Å². The van der Waals surface area contributed by atoms with Gasteiger partial charge in [-0.2, -0.15) is 0 Å². The minimum atomic E-state index is -0.399. The van der Waals surface area contributed by atoms with E-state index in [0.29, 0.717) is 21.9 Å². The zero-order valence-corrected chi connectivity index (χ0v) is 16.1. The Balaban J connectivity index is 1.53. The second-order valence-corrected chi connectivity index (χ2v) is 7.35. The summed E-state index contributed by atoms with van der Waals surface area (Å²) in [6.07, 6.45) is 1.43. The van der Waals surface area contributed by atoms with Gasteiger partial charge in [-0.1, -0.05) is 29.8 Å². The number of nitrogens with one attached hydrogen (secondary N) is 2. The largest absolute Gasteiger partial charge is 0.509 e. The molecular formula is C20H18N4O3S. The highest BCUT2D eigenvalue weighted by atomic mass is 32.1. The molecule has 0 radical (unpaired) electrons. The molecule has 0 atom stereocenters. The fourth-order valence-electron chi connectivity index (χ4n) is 2.95. The van der Waals surface area contributed by atoms with Crippen LogP contribution in [0.1, 0.15) is 26.7 Å². The van der Waals surface area contributed by atoms with E-state index in [1.807, 2.05) is 36.6 Å². The van der Waals surface area contributed by atoms with Gasteiger partial charge in [-0.25, -0.2) is 4.98 Å². The topological polar surface area (TPSA) is 102 Å². The van der Waals surface area contributed by atoms with E-state index >= 15 is 0 Å². The molecule has 142 valence electrons. The van der Waals surface area contributed by atoms with Crippen molar-refractivity contribution in [3.05, 3.63) is 69.6 Å². The number of thiazole rings is 1. The van der Waals surface area contributed by atoms with Crippen LogP contribution in [-0.2, 0) is 0 Å². The Bertz CT molecular complexity index is 1090. The van der Waals surface area contributed by atoms with Crippen LogP contribution in [0.3, 0.4) is 0 Å². The number of furan rings is 1. The number of hydrazine groups is 1. The molecule has 7 nitrogen and oxygen atoms in total. The summed E-state index contributed by atoms with van der Waals surface area (Å²) in [5, 5.41) is 22.5. The van der Waals surface area contributed by atoms with Crippen LogP contribution >= 0.6 is 11.3 Å². The molecule has 3 heterocycles. The SMILES string of the molecule is Cc1ccc(-c2csc(C3=C(O)CN(NC(=O)c4ccoc4C)C3=N)n2)cc1. The maximum absolute atomic E-state index is 12.4. The van der Waals surface area contributed by atoms with E-state index in [1.54, 1.807) is 13.0 Å². The van der Waals surface area contributed by atoms with Crippen molar-refractivity contribution in [1.29, 1.82) is 5.41 Å². The quantitative estimate of drug-likeness (QED) is 0.622. The van der Waals surface area contributed by atoms with Crippen molar-refractivity contribution in [3.63, 3.8) is 0 Å². The lowest BCUT2D eigenvalue weighted by Gasteiger charge is -2.19. The third kappa shape index (κ3) is 3.18. The number of hydrogen-bond donors (Lipinski definition) is 3. The van der Waals surface area contributed by atoms with Gasteiger partial charge in [-0.3, -0.25) is 20.6 Å². The molecule has 3 N–H and O–H groups in total. The molecule has 2 aromatic heterocycles. The summed E-state index contributed by atoms with van der Waals surface area (Å²) in [5.41, 5.74) is 6.26. The summed E-state index contributed by atoms with van der Waals surface area (Å²) in [7, 11) is 0. The second-order valence-electron chi connectivity index (χ2n) is 6.49. The Morgan fingerprint density at radius 1 is 1.29 bits per heavy atom. The number of carbonyl (C=O) groups excluding carboxylic acids is 1. The lowest BCUT2D eigenvalue weighted by molar-refractivity contribution is 0.0873. The van der Waals surface area contributed by atoms with Gasteiger partial charge in [0.05, 0.1) is 29.6 Å². The molecule has 0 bridgehead atoms. The molecule has 3 aromatic rings. The van der Waals surface area contributed by atoms with Gasteiger partial charge in [0.1, 0.15) is 16.5 Å². The molecule has 1 aliphatic heterocycles. The van der Waals surface area contributed by atoms with E-state index in [0.717, 1.165) is 16.8 Å². The fraction of sp³-hybridized carbons (Fsp3) is 0.150. The molecule has 1 aromatic carbocycles. The van der Waals surface area contributed by atoms with Crippen molar-refractivity contribution in [2.45, 2.75) is 13.8 Å². The van der Waals surface area contributed by atoms with Crippen LogP contribution in [0.4, 0.5) is 0 Å². The molecular weight excluding hydrogens is 376 g/mol. The van der Waals surface area contributed by atoms with Gasteiger partial charge in [0.25, 0.3) is 5.91 Å².